The van der Waals surface area contributed by atoms with E-state index in [1.807, 2.05) is 43.0 Å². The van der Waals surface area contributed by atoms with Gasteiger partial charge in [-0.15, -0.1) is 0 Å². The molecule has 3 nitrogen and oxygen atoms in total. The minimum Gasteiger partial charge on any atom is -0.464 e. The van der Waals surface area contributed by atoms with Crippen LogP contribution in [0, 0.1) is 5.92 Å². The standard InChI is InChI=1S/C14H18BrNO2S/c1-2-18-14(17)13(10-7-8-19-9-10)16-12-6-4-3-5-11(12)15/h3-6,10,13,16H,2,7-9H2,1H3. The normalized spacial score (nSPS) is 20.0. The number of carbonyl (C=O) groups excluding carboxylic acids is 1. The Morgan fingerprint density at radius 1 is 1.58 bits per heavy atom. The molecule has 1 saturated heterocycles. The molecule has 1 N–H and O–H groups in total. The summed E-state index contributed by atoms with van der Waals surface area (Å²) in [6.45, 7) is 2.27. The first-order valence-corrected chi connectivity index (χ1v) is 8.42. The molecule has 1 aromatic rings. The van der Waals surface area contributed by atoms with Crippen molar-refractivity contribution in [2.45, 2.75) is 19.4 Å². The van der Waals surface area contributed by atoms with Gasteiger partial charge in [-0.3, -0.25) is 0 Å². The van der Waals surface area contributed by atoms with Gasteiger partial charge < -0.3 is 10.1 Å². The molecule has 1 aliphatic heterocycles. The topological polar surface area (TPSA) is 38.3 Å². The van der Waals surface area contributed by atoms with E-state index in [1.54, 1.807) is 0 Å². The number of anilines is 1. The molecule has 1 aromatic carbocycles. The molecule has 2 unspecified atom stereocenters. The molecule has 0 amide bonds. The molecule has 0 aliphatic carbocycles. The minimum absolute atomic E-state index is 0.147. The van der Waals surface area contributed by atoms with Gasteiger partial charge in [0.05, 0.1) is 6.61 Å². The van der Waals surface area contributed by atoms with Gasteiger partial charge in [0.25, 0.3) is 0 Å². The van der Waals surface area contributed by atoms with Crippen LogP contribution < -0.4 is 5.32 Å². The number of carbonyl (C=O) groups is 1. The second-order valence-corrected chi connectivity index (χ2v) is 6.48. The first kappa shape index (κ1) is 14.7. The van der Waals surface area contributed by atoms with E-state index in [9.17, 15) is 4.79 Å². The first-order valence-electron chi connectivity index (χ1n) is 6.47. The number of hydrogen-bond donors (Lipinski definition) is 1. The highest BCUT2D eigenvalue weighted by molar-refractivity contribution is 9.10. The average Bonchev–Trinajstić information content (AvgIpc) is 2.91. The Morgan fingerprint density at radius 2 is 2.37 bits per heavy atom. The molecule has 2 rings (SSSR count). The predicted octanol–water partition coefficient (Wildman–Crippen LogP) is 3.55. The maximum absolute atomic E-state index is 12.1. The van der Waals surface area contributed by atoms with Gasteiger partial charge >= 0.3 is 5.97 Å². The summed E-state index contributed by atoms with van der Waals surface area (Å²) in [6, 6.07) is 7.60. The van der Waals surface area contributed by atoms with Gasteiger partial charge in [-0.05, 0) is 58.8 Å². The van der Waals surface area contributed by atoms with Gasteiger partial charge in [0.1, 0.15) is 6.04 Å². The van der Waals surface area contributed by atoms with Gasteiger partial charge in [-0.1, -0.05) is 12.1 Å². The molecule has 2 atom stereocenters. The monoisotopic (exact) mass is 343 g/mol. The number of thioether (sulfide) groups is 1. The van der Waals surface area contributed by atoms with Crippen LogP contribution in [0.4, 0.5) is 5.69 Å². The summed E-state index contributed by atoms with van der Waals surface area (Å²) >= 11 is 5.40. The largest absolute Gasteiger partial charge is 0.464 e. The predicted molar refractivity (Wildman–Crippen MR) is 83.6 cm³/mol. The van der Waals surface area contributed by atoms with Crippen LogP contribution in [0.3, 0.4) is 0 Å². The van der Waals surface area contributed by atoms with Gasteiger partial charge in [0.2, 0.25) is 0 Å². The first-order chi connectivity index (χ1) is 9.22. The molecule has 0 saturated carbocycles. The molecule has 1 aliphatic rings. The molecule has 0 aromatic heterocycles. The van der Waals surface area contributed by atoms with E-state index in [4.69, 9.17) is 4.74 Å². The minimum atomic E-state index is -0.256. The van der Waals surface area contributed by atoms with E-state index in [0.717, 1.165) is 28.1 Å². The third kappa shape index (κ3) is 3.89. The molecule has 1 heterocycles. The van der Waals surface area contributed by atoms with E-state index in [0.29, 0.717) is 12.5 Å². The number of para-hydroxylation sites is 1. The summed E-state index contributed by atoms with van der Waals surface area (Å²) in [5, 5.41) is 3.34. The fourth-order valence-corrected chi connectivity index (χ4v) is 3.86. The number of rotatable bonds is 5. The van der Waals surface area contributed by atoms with Crippen LogP contribution >= 0.6 is 27.7 Å². The summed E-state index contributed by atoms with van der Waals surface area (Å²) in [4.78, 5) is 12.1. The summed E-state index contributed by atoms with van der Waals surface area (Å²) in [5.74, 6) is 2.33. The van der Waals surface area contributed by atoms with E-state index in [2.05, 4.69) is 21.2 Å². The smallest absolute Gasteiger partial charge is 0.328 e. The summed E-state index contributed by atoms with van der Waals surface area (Å²) in [6.07, 6.45) is 1.06. The molecule has 5 heteroatoms. The number of hydrogen-bond acceptors (Lipinski definition) is 4. The average molecular weight is 344 g/mol. The van der Waals surface area contributed by atoms with E-state index in [-0.39, 0.29) is 12.0 Å². The zero-order valence-electron chi connectivity index (χ0n) is 10.9. The van der Waals surface area contributed by atoms with Crippen molar-refractivity contribution in [3.63, 3.8) is 0 Å². The molecular weight excluding hydrogens is 326 g/mol. The maximum atomic E-state index is 12.1. The number of halogens is 1. The van der Waals surface area contributed by atoms with E-state index < -0.39 is 0 Å². The van der Waals surface area contributed by atoms with Crippen LogP contribution in [0.2, 0.25) is 0 Å². The van der Waals surface area contributed by atoms with Crippen LogP contribution in [-0.4, -0.2) is 30.1 Å². The van der Waals surface area contributed by atoms with Crippen molar-refractivity contribution >= 4 is 39.3 Å². The van der Waals surface area contributed by atoms with E-state index >= 15 is 0 Å². The third-order valence-electron chi connectivity index (χ3n) is 3.16. The van der Waals surface area contributed by atoms with Crippen molar-refractivity contribution in [3.8, 4) is 0 Å². The second kappa shape index (κ2) is 7.20. The summed E-state index contributed by atoms with van der Waals surface area (Å²) in [5.41, 5.74) is 0.942. The Bertz CT molecular complexity index is 435. The van der Waals surface area contributed by atoms with Gasteiger partial charge in [0, 0.05) is 10.2 Å². The Hall–Kier alpha value is -0.680. The lowest BCUT2D eigenvalue weighted by atomic mass is 9.99. The maximum Gasteiger partial charge on any atom is 0.328 e. The van der Waals surface area contributed by atoms with Crippen molar-refractivity contribution in [3.05, 3.63) is 28.7 Å². The lowest BCUT2D eigenvalue weighted by Crippen LogP contribution is -2.38. The highest BCUT2D eigenvalue weighted by Crippen LogP contribution is 2.30. The Kier molecular flexibility index (Phi) is 5.58. The molecule has 0 spiro atoms. The fraction of sp³-hybridized carbons (Fsp3) is 0.500. The van der Waals surface area contributed by atoms with Crippen LogP contribution in [-0.2, 0) is 9.53 Å². The number of benzene rings is 1. The molecule has 0 bridgehead atoms. The van der Waals surface area contributed by atoms with Crippen LogP contribution in [0.15, 0.2) is 28.7 Å². The van der Waals surface area contributed by atoms with Gasteiger partial charge in [0.15, 0.2) is 0 Å². The SMILES string of the molecule is CCOC(=O)C(Nc1ccccc1Br)C1CCSC1. The van der Waals surface area contributed by atoms with Crippen molar-refractivity contribution in [2.75, 3.05) is 23.4 Å². The highest BCUT2D eigenvalue weighted by Gasteiger charge is 2.32. The molecule has 19 heavy (non-hydrogen) atoms. The van der Waals surface area contributed by atoms with Gasteiger partial charge in [-0.25, -0.2) is 4.79 Å². The molecule has 104 valence electrons. The zero-order valence-corrected chi connectivity index (χ0v) is 13.3. The van der Waals surface area contributed by atoms with E-state index in [1.165, 1.54) is 0 Å². The molecule has 1 fully saturated rings. The van der Waals surface area contributed by atoms with Crippen molar-refractivity contribution in [2.24, 2.45) is 5.92 Å². The Morgan fingerprint density at radius 3 is 3.00 bits per heavy atom. The van der Waals surface area contributed by atoms with Crippen molar-refractivity contribution in [1.82, 2.24) is 0 Å². The number of ether oxygens (including phenoxy) is 1. The quantitative estimate of drug-likeness (QED) is 0.829. The van der Waals surface area contributed by atoms with Gasteiger partial charge in [-0.2, -0.15) is 11.8 Å². The van der Waals surface area contributed by atoms with Crippen LogP contribution in [0.25, 0.3) is 0 Å². The lowest BCUT2D eigenvalue weighted by Gasteiger charge is -2.24. The van der Waals surface area contributed by atoms with Crippen LogP contribution in [0.1, 0.15) is 13.3 Å². The molecular formula is C14H18BrNO2S. The Labute approximate surface area is 126 Å². The summed E-state index contributed by atoms with van der Waals surface area (Å²) in [7, 11) is 0. The molecule has 0 radical (unpaired) electrons. The van der Waals surface area contributed by atoms with Crippen molar-refractivity contribution in [1.29, 1.82) is 0 Å². The fourth-order valence-electron chi connectivity index (χ4n) is 2.16. The number of esters is 1. The van der Waals surface area contributed by atoms with Crippen molar-refractivity contribution < 1.29 is 9.53 Å². The number of nitrogens with one attached hydrogen (secondary N) is 1. The second-order valence-electron chi connectivity index (χ2n) is 4.48. The Balaban J connectivity index is 2.13. The highest BCUT2D eigenvalue weighted by atomic mass is 79.9. The van der Waals surface area contributed by atoms with Crippen LogP contribution in [0.5, 0.6) is 0 Å². The lowest BCUT2D eigenvalue weighted by molar-refractivity contribution is -0.145. The third-order valence-corrected chi connectivity index (χ3v) is 5.04. The summed E-state index contributed by atoms with van der Waals surface area (Å²) < 4.78 is 6.17. The zero-order chi connectivity index (χ0) is 13.7.